The summed E-state index contributed by atoms with van der Waals surface area (Å²) in [4.78, 5) is 4.22. The predicted octanol–water partition coefficient (Wildman–Crippen LogP) is 4.87. The quantitative estimate of drug-likeness (QED) is 0.629. The SMILES string of the molecule is Clc1ccc(CCOc2cccc(Br)n2)c2occc12. The van der Waals surface area contributed by atoms with Crippen molar-refractivity contribution in [2.45, 2.75) is 6.42 Å². The number of halogens is 2. The van der Waals surface area contributed by atoms with E-state index in [4.69, 9.17) is 20.8 Å². The van der Waals surface area contributed by atoms with Gasteiger partial charge in [-0.3, -0.25) is 0 Å². The van der Waals surface area contributed by atoms with Gasteiger partial charge in [-0.25, -0.2) is 4.98 Å². The number of nitrogens with zero attached hydrogens (tertiary/aromatic N) is 1. The molecule has 3 aromatic rings. The Kier molecular flexibility index (Phi) is 3.94. The molecule has 0 aliphatic heterocycles. The van der Waals surface area contributed by atoms with E-state index >= 15 is 0 Å². The average Bonchev–Trinajstić information content (AvgIpc) is 2.92. The Morgan fingerprint density at radius 1 is 1.20 bits per heavy atom. The Balaban J connectivity index is 1.71. The lowest BCUT2D eigenvalue weighted by Gasteiger charge is -2.06. The van der Waals surface area contributed by atoms with Gasteiger partial charge in [-0.2, -0.15) is 0 Å². The van der Waals surface area contributed by atoms with Crippen LogP contribution in [0.5, 0.6) is 5.88 Å². The standard InChI is InChI=1S/C15H11BrClNO2/c16-13-2-1-3-14(18-13)19-8-6-10-4-5-12(17)11-7-9-20-15(10)11/h1-5,7,9H,6,8H2. The molecule has 0 amide bonds. The minimum atomic E-state index is 0.529. The van der Waals surface area contributed by atoms with Crippen LogP contribution in [0.25, 0.3) is 11.0 Å². The number of furan rings is 1. The van der Waals surface area contributed by atoms with Gasteiger partial charge in [-0.05, 0) is 39.7 Å². The molecule has 0 bridgehead atoms. The lowest BCUT2D eigenvalue weighted by atomic mass is 10.1. The van der Waals surface area contributed by atoms with Gasteiger partial charge in [0.2, 0.25) is 5.88 Å². The van der Waals surface area contributed by atoms with E-state index in [1.165, 1.54) is 0 Å². The number of fused-ring (bicyclic) bond motifs is 1. The van der Waals surface area contributed by atoms with E-state index in [0.29, 0.717) is 17.5 Å². The molecule has 0 aliphatic rings. The molecule has 102 valence electrons. The second-order valence-electron chi connectivity index (χ2n) is 4.27. The zero-order chi connectivity index (χ0) is 13.9. The van der Waals surface area contributed by atoms with Crippen LogP contribution in [-0.4, -0.2) is 11.6 Å². The summed E-state index contributed by atoms with van der Waals surface area (Å²) in [6, 6.07) is 11.3. The number of hydrogen-bond donors (Lipinski definition) is 0. The van der Waals surface area contributed by atoms with Crippen molar-refractivity contribution in [1.82, 2.24) is 4.98 Å². The van der Waals surface area contributed by atoms with E-state index in [2.05, 4.69) is 20.9 Å². The van der Waals surface area contributed by atoms with Gasteiger partial charge in [0.25, 0.3) is 0 Å². The predicted molar refractivity (Wildman–Crippen MR) is 82.4 cm³/mol. The van der Waals surface area contributed by atoms with Crippen molar-refractivity contribution in [2.24, 2.45) is 0 Å². The summed E-state index contributed by atoms with van der Waals surface area (Å²) < 4.78 is 11.9. The van der Waals surface area contributed by atoms with Crippen LogP contribution < -0.4 is 4.74 Å². The molecule has 20 heavy (non-hydrogen) atoms. The minimum absolute atomic E-state index is 0.529. The third-order valence-electron chi connectivity index (χ3n) is 2.96. The number of aromatic nitrogens is 1. The zero-order valence-electron chi connectivity index (χ0n) is 10.5. The second kappa shape index (κ2) is 5.85. The number of hydrogen-bond acceptors (Lipinski definition) is 3. The lowest BCUT2D eigenvalue weighted by Crippen LogP contribution is -2.02. The normalized spacial score (nSPS) is 10.9. The maximum absolute atomic E-state index is 6.11. The smallest absolute Gasteiger partial charge is 0.214 e. The van der Waals surface area contributed by atoms with E-state index in [9.17, 15) is 0 Å². The Hall–Kier alpha value is -1.52. The molecule has 0 radical (unpaired) electrons. The number of pyridine rings is 1. The first kappa shape index (κ1) is 13.5. The van der Waals surface area contributed by atoms with E-state index in [1.54, 1.807) is 6.26 Å². The van der Waals surface area contributed by atoms with Crippen LogP contribution in [0.1, 0.15) is 5.56 Å². The summed E-state index contributed by atoms with van der Waals surface area (Å²) >= 11 is 9.42. The third kappa shape index (κ3) is 2.81. The highest BCUT2D eigenvalue weighted by atomic mass is 79.9. The molecule has 0 N–H and O–H groups in total. The topological polar surface area (TPSA) is 35.3 Å². The van der Waals surface area contributed by atoms with Crippen LogP contribution in [0.2, 0.25) is 5.02 Å². The van der Waals surface area contributed by atoms with E-state index < -0.39 is 0 Å². The van der Waals surface area contributed by atoms with Crippen molar-refractivity contribution in [3.05, 3.63) is 57.9 Å². The van der Waals surface area contributed by atoms with Crippen molar-refractivity contribution >= 4 is 38.5 Å². The fourth-order valence-electron chi connectivity index (χ4n) is 2.02. The fourth-order valence-corrected chi connectivity index (χ4v) is 2.56. The number of rotatable bonds is 4. The Labute approximate surface area is 129 Å². The van der Waals surface area contributed by atoms with Crippen LogP contribution in [0.15, 0.2) is 51.7 Å². The van der Waals surface area contributed by atoms with Gasteiger partial charge in [0, 0.05) is 17.9 Å². The van der Waals surface area contributed by atoms with E-state index in [0.717, 1.165) is 27.6 Å². The van der Waals surface area contributed by atoms with Crippen LogP contribution in [-0.2, 0) is 6.42 Å². The first-order chi connectivity index (χ1) is 9.74. The van der Waals surface area contributed by atoms with Crippen molar-refractivity contribution in [2.75, 3.05) is 6.61 Å². The van der Waals surface area contributed by atoms with Crippen molar-refractivity contribution in [3.8, 4) is 5.88 Å². The highest BCUT2D eigenvalue weighted by molar-refractivity contribution is 9.10. The fraction of sp³-hybridized carbons (Fsp3) is 0.133. The third-order valence-corrected chi connectivity index (χ3v) is 3.73. The zero-order valence-corrected chi connectivity index (χ0v) is 12.8. The lowest BCUT2D eigenvalue weighted by molar-refractivity contribution is 0.309. The van der Waals surface area contributed by atoms with Gasteiger partial charge >= 0.3 is 0 Å². The monoisotopic (exact) mass is 351 g/mol. The summed E-state index contributed by atoms with van der Waals surface area (Å²) in [6.07, 6.45) is 2.38. The molecule has 0 spiro atoms. The molecule has 0 fully saturated rings. The van der Waals surface area contributed by atoms with Crippen molar-refractivity contribution in [1.29, 1.82) is 0 Å². The highest BCUT2D eigenvalue weighted by Crippen LogP contribution is 2.27. The number of ether oxygens (including phenoxy) is 1. The van der Waals surface area contributed by atoms with Crippen LogP contribution >= 0.6 is 27.5 Å². The summed E-state index contributed by atoms with van der Waals surface area (Å²) in [7, 11) is 0. The van der Waals surface area contributed by atoms with Crippen molar-refractivity contribution < 1.29 is 9.15 Å². The first-order valence-electron chi connectivity index (χ1n) is 6.14. The summed E-state index contributed by atoms with van der Waals surface area (Å²) in [5, 5.41) is 1.64. The van der Waals surface area contributed by atoms with Gasteiger partial charge in [-0.1, -0.05) is 23.7 Å². The molecule has 3 rings (SSSR count). The number of benzene rings is 1. The second-order valence-corrected chi connectivity index (χ2v) is 5.49. The van der Waals surface area contributed by atoms with Gasteiger partial charge < -0.3 is 9.15 Å². The van der Waals surface area contributed by atoms with E-state index in [-0.39, 0.29) is 0 Å². The molecule has 0 saturated carbocycles. The summed E-state index contributed by atoms with van der Waals surface area (Å²) in [5.41, 5.74) is 1.90. The summed E-state index contributed by atoms with van der Waals surface area (Å²) in [6.45, 7) is 0.529. The molecule has 1 aromatic carbocycles. The largest absolute Gasteiger partial charge is 0.477 e. The Morgan fingerprint density at radius 3 is 2.95 bits per heavy atom. The molecule has 0 unspecified atom stereocenters. The molecule has 2 aromatic heterocycles. The maximum atomic E-state index is 6.11. The van der Waals surface area contributed by atoms with Crippen LogP contribution in [0.4, 0.5) is 0 Å². The van der Waals surface area contributed by atoms with Crippen LogP contribution in [0.3, 0.4) is 0 Å². The Bertz CT molecular complexity index is 742. The molecule has 0 atom stereocenters. The van der Waals surface area contributed by atoms with E-state index in [1.807, 2.05) is 36.4 Å². The van der Waals surface area contributed by atoms with Gasteiger partial charge in [-0.15, -0.1) is 0 Å². The Morgan fingerprint density at radius 2 is 2.10 bits per heavy atom. The molecule has 2 heterocycles. The average molecular weight is 353 g/mol. The molecule has 0 aliphatic carbocycles. The maximum Gasteiger partial charge on any atom is 0.214 e. The van der Waals surface area contributed by atoms with Gasteiger partial charge in [0.05, 0.1) is 17.9 Å². The molecule has 5 heteroatoms. The van der Waals surface area contributed by atoms with Crippen molar-refractivity contribution in [3.63, 3.8) is 0 Å². The molecule has 0 saturated heterocycles. The summed E-state index contributed by atoms with van der Waals surface area (Å²) in [5.74, 6) is 0.601. The molecule has 3 nitrogen and oxygen atoms in total. The van der Waals surface area contributed by atoms with Gasteiger partial charge in [0.15, 0.2) is 0 Å². The van der Waals surface area contributed by atoms with Crippen LogP contribution in [0, 0.1) is 0 Å². The minimum Gasteiger partial charge on any atom is -0.477 e. The first-order valence-corrected chi connectivity index (χ1v) is 7.31. The molecular weight excluding hydrogens is 342 g/mol. The van der Waals surface area contributed by atoms with Gasteiger partial charge in [0.1, 0.15) is 10.2 Å². The highest BCUT2D eigenvalue weighted by Gasteiger charge is 2.08. The molecular formula is C15H11BrClNO2.